The van der Waals surface area contributed by atoms with Gasteiger partial charge in [-0.25, -0.2) is 15.0 Å². The van der Waals surface area contributed by atoms with Crippen LogP contribution in [0.1, 0.15) is 0 Å². The minimum atomic E-state index is 0.651. The van der Waals surface area contributed by atoms with E-state index in [4.69, 9.17) is 15.0 Å². The lowest BCUT2D eigenvalue weighted by atomic mass is 10.0. The van der Waals surface area contributed by atoms with E-state index >= 15 is 0 Å². The van der Waals surface area contributed by atoms with E-state index in [2.05, 4.69) is 150 Å². The molecule has 7 aromatic carbocycles. The van der Waals surface area contributed by atoms with Crippen LogP contribution in [0.3, 0.4) is 0 Å². The second-order valence-corrected chi connectivity index (χ2v) is 13.4. The molecule has 4 nitrogen and oxygen atoms in total. The molecule has 10 aromatic rings. The number of hydrogen-bond acceptors (Lipinski definition) is 4. The number of benzene rings is 7. The summed E-state index contributed by atoms with van der Waals surface area (Å²) in [5.41, 5.74) is 8.81. The predicted octanol–water partition coefficient (Wildman–Crippen LogP) is 12.0. The normalized spacial score (nSPS) is 11.6. The molecule has 0 spiro atoms. The minimum Gasteiger partial charge on any atom is -0.308 e. The number of rotatable bonds is 5. The van der Waals surface area contributed by atoms with Gasteiger partial charge in [-0.15, -0.1) is 11.3 Å². The molecule has 0 amide bonds. The van der Waals surface area contributed by atoms with Gasteiger partial charge in [0, 0.05) is 48.6 Å². The van der Waals surface area contributed by atoms with Crippen molar-refractivity contribution in [2.75, 3.05) is 0 Å². The van der Waals surface area contributed by atoms with Gasteiger partial charge in [-0.1, -0.05) is 146 Å². The standard InChI is InChI=1S/C45H28N4S/c1-4-13-29(14-5-1)30-23-25-32(26-24-30)44-46-43(31-15-6-2-7-16-31)47-45(48-44)38-21-12-20-36-37-28-27-35-34-19-10-11-22-39(34)49(33-17-8-3-9-18-33)40(35)42(37)50-41(36)38/h1-28H. The first kappa shape index (κ1) is 28.6. The Morgan fingerprint density at radius 1 is 0.360 bits per heavy atom. The van der Waals surface area contributed by atoms with E-state index in [-0.39, 0.29) is 0 Å². The Hall–Kier alpha value is -6.43. The molecule has 10 rings (SSSR count). The van der Waals surface area contributed by atoms with Gasteiger partial charge in [-0.3, -0.25) is 0 Å². The van der Waals surface area contributed by atoms with Gasteiger partial charge in [0.1, 0.15) is 0 Å². The van der Waals surface area contributed by atoms with Crippen molar-refractivity contribution in [3.05, 3.63) is 170 Å². The van der Waals surface area contributed by atoms with Gasteiger partial charge >= 0.3 is 0 Å². The fourth-order valence-electron chi connectivity index (χ4n) is 7.11. The fourth-order valence-corrected chi connectivity index (χ4v) is 8.46. The second-order valence-electron chi connectivity index (χ2n) is 12.4. The molecule has 5 heteroatoms. The summed E-state index contributed by atoms with van der Waals surface area (Å²) < 4.78 is 4.82. The molecule has 0 radical (unpaired) electrons. The maximum Gasteiger partial charge on any atom is 0.165 e. The van der Waals surface area contributed by atoms with Crippen LogP contribution < -0.4 is 0 Å². The van der Waals surface area contributed by atoms with Gasteiger partial charge in [0.15, 0.2) is 17.5 Å². The number of thiophene rings is 1. The summed E-state index contributed by atoms with van der Waals surface area (Å²) in [5, 5.41) is 4.93. The smallest absolute Gasteiger partial charge is 0.165 e. The average Bonchev–Trinajstić information content (AvgIpc) is 3.75. The van der Waals surface area contributed by atoms with Gasteiger partial charge in [0.2, 0.25) is 0 Å². The summed E-state index contributed by atoms with van der Waals surface area (Å²) in [5.74, 6) is 1.97. The molecule has 0 aliphatic heterocycles. The third-order valence-corrected chi connectivity index (χ3v) is 10.7. The van der Waals surface area contributed by atoms with Crippen molar-refractivity contribution >= 4 is 53.3 Å². The molecule has 0 saturated heterocycles. The molecule has 0 unspecified atom stereocenters. The van der Waals surface area contributed by atoms with Crippen LogP contribution in [-0.2, 0) is 0 Å². The summed E-state index contributed by atoms with van der Waals surface area (Å²) in [6, 6.07) is 59.5. The molecule has 0 saturated carbocycles. The molecule has 50 heavy (non-hydrogen) atoms. The molecule has 0 bridgehead atoms. The van der Waals surface area contributed by atoms with Crippen LogP contribution in [-0.4, -0.2) is 19.5 Å². The predicted molar refractivity (Wildman–Crippen MR) is 209 cm³/mol. The van der Waals surface area contributed by atoms with Gasteiger partial charge in [-0.2, -0.15) is 0 Å². The molecule has 234 valence electrons. The van der Waals surface area contributed by atoms with E-state index in [0.29, 0.717) is 17.5 Å². The van der Waals surface area contributed by atoms with E-state index in [1.807, 2.05) is 35.6 Å². The van der Waals surface area contributed by atoms with Crippen molar-refractivity contribution in [3.63, 3.8) is 0 Å². The molecule has 0 aliphatic rings. The molecule has 0 fully saturated rings. The van der Waals surface area contributed by atoms with Crippen LogP contribution in [0, 0.1) is 0 Å². The fraction of sp³-hybridized carbons (Fsp3) is 0. The molecular weight excluding hydrogens is 629 g/mol. The van der Waals surface area contributed by atoms with Crippen molar-refractivity contribution in [2.45, 2.75) is 0 Å². The molecule has 0 atom stereocenters. The van der Waals surface area contributed by atoms with Crippen molar-refractivity contribution in [3.8, 4) is 51.0 Å². The SMILES string of the molecule is c1ccc(-c2ccc(-c3nc(-c4ccccc4)nc(-c4cccc5c4sc4c5ccc5c6ccccc6n(-c6ccccc6)c54)n3)cc2)cc1. The molecule has 3 aromatic heterocycles. The zero-order valence-electron chi connectivity index (χ0n) is 26.9. The Balaban J connectivity index is 1.21. The average molecular weight is 657 g/mol. The van der Waals surface area contributed by atoms with Crippen molar-refractivity contribution in [2.24, 2.45) is 0 Å². The highest BCUT2D eigenvalue weighted by Crippen LogP contribution is 2.45. The number of hydrogen-bond donors (Lipinski definition) is 0. The number of aromatic nitrogens is 4. The molecule has 3 heterocycles. The first-order valence-electron chi connectivity index (χ1n) is 16.7. The van der Waals surface area contributed by atoms with Crippen LogP contribution >= 0.6 is 11.3 Å². The summed E-state index contributed by atoms with van der Waals surface area (Å²) in [4.78, 5) is 15.3. The quantitative estimate of drug-likeness (QED) is 0.185. The first-order valence-corrected chi connectivity index (χ1v) is 17.5. The largest absolute Gasteiger partial charge is 0.308 e. The van der Waals surface area contributed by atoms with E-state index in [1.165, 1.54) is 42.8 Å². The maximum atomic E-state index is 5.16. The van der Waals surface area contributed by atoms with Crippen molar-refractivity contribution < 1.29 is 0 Å². The van der Waals surface area contributed by atoms with Crippen molar-refractivity contribution in [1.82, 2.24) is 19.5 Å². The van der Waals surface area contributed by atoms with Gasteiger partial charge in [0.25, 0.3) is 0 Å². The summed E-state index contributed by atoms with van der Waals surface area (Å²) in [7, 11) is 0. The van der Waals surface area contributed by atoms with Crippen LogP contribution in [0.5, 0.6) is 0 Å². The van der Waals surface area contributed by atoms with Gasteiger partial charge < -0.3 is 4.57 Å². The Morgan fingerprint density at radius 2 is 0.880 bits per heavy atom. The number of para-hydroxylation sites is 2. The summed E-state index contributed by atoms with van der Waals surface area (Å²) in [6.07, 6.45) is 0. The molecule has 0 N–H and O–H groups in total. The Bertz CT molecular complexity index is 2840. The van der Waals surface area contributed by atoms with E-state index in [0.717, 1.165) is 32.6 Å². The Kier molecular flexibility index (Phi) is 6.64. The minimum absolute atomic E-state index is 0.651. The highest BCUT2D eigenvalue weighted by Gasteiger charge is 2.20. The highest BCUT2D eigenvalue weighted by molar-refractivity contribution is 7.27. The lowest BCUT2D eigenvalue weighted by Gasteiger charge is -2.10. The third kappa shape index (κ3) is 4.63. The monoisotopic (exact) mass is 656 g/mol. The van der Waals surface area contributed by atoms with Crippen LogP contribution in [0.4, 0.5) is 0 Å². The summed E-state index contributed by atoms with van der Waals surface area (Å²) >= 11 is 1.82. The van der Waals surface area contributed by atoms with Crippen LogP contribution in [0.2, 0.25) is 0 Å². The third-order valence-electron chi connectivity index (χ3n) is 9.47. The second kappa shape index (κ2) is 11.6. The van der Waals surface area contributed by atoms with E-state index < -0.39 is 0 Å². The summed E-state index contributed by atoms with van der Waals surface area (Å²) in [6.45, 7) is 0. The lowest BCUT2D eigenvalue weighted by molar-refractivity contribution is 1.08. The number of fused-ring (bicyclic) bond motifs is 7. The number of nitrogens with zero attached hydrogens (tertiary/aromatic N) is 4. The molecular formula is C45H28N4S. The van der Waals surface area contributed by atoms with Gasteiger partial charge in [-0.05, 0) is 35.4 Å². The van der Waals surface area contributed by atoms with E-state index in [1.54, 1.807) is 0 Å². The van der Waals surface area contributed by atoms with Crippen LogP contribution in [0.15, 0.2) is 170 Å². The Labute approximate surface area is 292 Å². The zero-order chi connectivity index (χ0) is 33.0. The highest BCUT2D eigenvalue weighted by atomic mass is 32.1. The molecule has 0 aliphatic carbocycles. The maximum absolute atomic E-state index is 5.16. The zero-order valence-corrected chi connectivity index (χ0v) is 27.7. The van der Waals surface area contributed by atoms with Crippen molar-refractivity contribution in [1.29, 1.82) is 0 Å². The first-order chi connectivity index (χ1) is 24.8. The van der Waals surface area contributed by atoms with E-state index in [9.17, 15) is 0 Å². The van der Waals surface area contributed by atoms with Gasteiger partial charge in [0.05, 0.1) is 15.7 Å². The lowest BCUT2D eigenvalue weighted by Crippen LogP contribution is -2.00. The Morgan fingerprint density at radius 3 is 1.62 bits per heavy atom. The van der Waals surface area contributed by atoms with Crippen LogP contribution in [0.25, 0.3) is 93.0 Å². The topological polar surface area (TPSA) is 43.6 Å².